The van der Waals surface area contributed by atoms with Crippen molar-refractivity contribution in [2.75, 3.05) is 11.1 Å². The molecule has 14 heteroatoms. The molecule has 5 N–H and O–H groups in total. The van der Waals surface area contributed by atoms with Crippen molar-refractivity contribution in [1.29, 1.82) is 5.26 Å². The molecule has 0 amide bonds. The molecular formula is C30H27FN10O3. The standard InChI is InChI=1S/C30H27FN10O3/c1-40-14-19(13-35-40)36-30-38-26(37-29(34)39-30)20-3-2-4-24(21(20)15-44-28(43)23(33)7-9-32)41-10-8-17-11-18(16-5-6-16)12-22(31)25(17)27(41)42/h2-4,8,10-14,16,23H,5-7,15,33H2,1H3,(H3,34,36,37,38,39)/t23-/m0/s1. The summed E-state index contributed by atoms with van der Waals surface area (Å²) in [6.07, 6.45) is 6.59. The number of nitriles is 1. The molecule has 1 saturated carbocycles. The molecule has 222 valence electrons. The number of halogens is 1. The average Bonchev–Trinajstić information content (AvgIpc) is 3.77. The molecule has 0 radical (unpaired) electrons. The fraction of sp³-hybridized carbons (Fsp3) is 0.233. The number of nitrogens with two attached hydrogens (primary N) is 2. The maximum atomic E-state index is 15.3. The molecule has 13 nitrogen and oxygen atoms in total. The number of carbonyl (C=O) groups is 1. The summed E-state index contributed by atoms with van der Waals surface area (Å²) in [4.78, 5) is 39.3. The van der Waals surface area contributed by atoms with E-state index in [4.69, 9.17) is 21.5 Å². The Balaban J connectivity index is 1.47. The lowest BCUT2D eigenvalue weighted by molar-refractivity contribution is -0.146. The first kappa shape index (κ1) is 28.4. The number of ether oxygens (including phenoxy) is 1. The molecule has 0 saturated heterocycles. The normalized spacial score (nSPS) is 13.4. The molecule has 44 heavy (non-hydrogen) atoms. The Morgan fingerprint density at radius 1 is 1.25 bits per heavy atom. The Hall–Kier alpha value is -5.68. The molecule has 1 aliphatic rings. The largest absolute Gasteiger partial charge is 0.460 e. The lowest BCUT2D eigenvalue weighted by Crippen LogP contribution is -2.32. The Kier molecular flexibility index (Phi) is 7.46. The van der Waals surface area contributed by atoms with Gasteiger partial charge in [0.15, 0.2) is 5.82 Å². The van der Waals surface area contributed by atoms with Crippen molar-refractivity contribution < 1.29 is 13.9 Å². The van der Waals surface area contributed by atoms with Gasteiger partial charge in [0.2, 0.25) is 11.9 Å². The lowest BCUT2D eigenvalue weighted by atomic mass is 10.0. The molecule has 1 atom stereocenters. The summed E-state index contributed by atoms with van der Waals surface area (Å²) in [7, 11) is 1.76. The van der Waals surface area contributed by atoms with Crippen molar-refractivity contribution in [2.45, 2.75) is 37.8 Å². The predicted octanol–water partition coefficient (Wildman–Crippen LogP) is 3.20. The van der Waals surface area contributed by atoms with Crippen molar-refractivity contribution in [2.24, 2.45) is 12.8 Å². The third-order valence-electron chi connectivity index (χ3n) is 7.27. The van der Waals surface area contributed by atoms with Gasteiger partial charge < -0.3 is 21.5 Å². The van der Waals surface area contributed by atoms with Crippen LogP contribution in [-0.4, -0.2) is 41.3 Å². The number of nitrogens with zero attached hydrogens (tertiary/aromatic N) is 7. The van der Waals surface area contributed by atoms with Crippen LogP contribution < -0.4 is 22.3 Å². The zero-order valence-electron chi connectivity index (χ0n) is 23.6. The first-order valence-corrected chi connectivity index (χ1v) is 13.8. The minimum atomic E-state index is -1.17. The smallest absolute Gasteiger partial charge is 0.324 e. The molecule has 5 aromatic rings. The summed E-state index contributed by atoms with van der Waals surface area (Å²) in [5.41, 5.74) is 13.7. The van der Waals surface area contributed by atoms with E-state index >= 15 is 4.39 Å². The maximum Gasteiger partial charge on any atom is 0.324 e. The first-order chi connectivity index (χ1) is 21.2. The molecule has 3 aromatic heterocycles. The van der Waals surface area contributed by atoms with Crippen molar-refractivity contribution >= 4 is 34.3 Å². The van der Waals surface area contributed by atoms with Crippen LogP contribution in [0.2, 0.25) is 0 Å². The number of pyridine rings is 1. The molecule has 1 fully saturated rings. The fourth-order valence-electron chi connectivity index (χ4n) is 4.97. The number of nitrogen functional groups attached to an aromatic ring is 1. The fourth-order valence-corrected chi connectivity index (χ4v) is 4.97. The summed E-state index contributed by atoms with van der Waals surface area (Å²) in [5, 5.41) is 16.5. The molecule has 0 bridgehead atoms. The van der Waals surface area contributed by atoms with Gasteiger partial charge in [-0.05, 0) is 47.9 Å². The number of aromatic nitrogens is 6. The van der Waals surface area contributed by atoms with Gasteiger partial charge in [-0.2, -0.15) is 25.3 Å². The summed E-state index contributed by atoms with van der Waals surface area (Å²) >= 11 is 0. The predicted molar refractivity (Wildman–Crippen MR) is 159 cm³/mol. The monoisotopic (exact) mass is 594 g/mol. The number of nitrogens with one attached hydrogen (secondary N) is 1. The number of aryl methyl sites for hydroxylation is 1. The molecule has 6 rings (SSSR count). The zero-order chi connectivity index (χ0) is 31.0. The Morgan fingerprint density at radius 2 is 2.07 bits per heavy atom. The van der Waals surface area contributed by atoms with E-state index in [0.717, 1.165) is 18.4 Å². The number of esters is 1. The number of benzene rings is 2. The molecular weight excluding hydrogens is 567 g/mol. The minimum Gasteiger partial charge on any atom is -0.460 e. The number of rotatable bonds is 9. The zero-order valence-corrected chi connectivity index (χ0v) is 23.6. The van der Waals surface area contributed by atoms with Crippen LogP contribution in [0.25, 0.3) is 27.8 Å². The lowest BCUT2D eigenvalue weighted by Gasteiger charge is -2.18. The van der Waals surface area contributed by atoms with Crippen LogP contribution in [0.3, 0.4) is 0 Å². The van der Waals surface area contributed by atoms with Gasteiger partial charge in [-0.25, -0.2) is 4.39 Å². The number of hydrogen-bond donors (Lipinski definition) is 3. The highest BCUT2D eigenvalue weighted by Gasteiger charge is 2.26. The van der Waals surface area contributed by atoms with Crippen molar-refractivity contribution in [3.63, 3.8) is 0 Å². The quantitative estimate of drug-likeness (QED) is 0.212. The Morgan fingerprint density at radius 3 is 2.80 bits per heavy atom. The van der Waals surface area contributed by atoms with Gasteiger partial charge >= 0.3 is 5.97 Å². The average molecular weight is 595 g/mol. The second-order valence-corrected chi connectivity index (χ2v) is 10.5. The molecule has 3 heterocycles. The minimum absolute atomic E-state index is 0.0614. The highest BCUT2D eigenvalue weighted by atomic mass is 19.1. The van der Waals surface area contributed by atoms with E-state index in [1.54, 1.807) is 54.6 Å². The van der Waals surface area contributed by atoms with Crippen LogP contribution >= 0.6 is 0 Å². The van der Waals surface area contributed by atoms with E-state index in [-0.39, 0.29) is 36.1 Å². The molecule has 0 aliphatic heterocycles. The number of hydrogen-bond acceptors (Lipinski definition) is 11. The van der Waals surface area contributed by atoms with Crippen molar-refractivity contribution in [3.05, 3.63) is 82.3 Å². The number of carbonyl (C=O) groups excluding carboxylic acids is 1. The van der Waals surface area contributed by atoms with Gasteiger partial charge in [0.1, 0.15) is 18.5 Å². The van der Waals surface area contributed by atoms with E-state index in [2.05, 4.69) is 25.4 Å². The van der Waals surface area contributed by atoms with Gasteiger partial charge in [-0.1, -0.05) is 18.2 Å². The first-order valence-electron chi connectivity index (χ1n) is 13.8. The molecule has 0 spiro atoms. The van der Waals surface area contributed by atoms with Gasteiger partial charge in [0.05, 0.1) is 35.4 Å². The summed E-state index contributed by atoms with van der Waals surface area (Å²) in [6.45, 7) is -0.367. The second-order valence-electron chi connectivity index (χ2n) is 10.5. The highest BCUT2D eigenvalue weighted by molar-refractivity contribution is 5.84. The summed E-state index contributed by atoms with van der Waals surface area (Å²) in [5.74, 6) is -0.958. The molecule has 1 aliphatic carbocycles. The third kappa shape index (κ3) is 5.68. The van der Waals surface area contributed by atoms with Crippen LogP contribution in [0.4, 0.5) is 22.0 Å². The Labute approximate surface area is 249 Å². The topological polar surface area (TPSA) is 193 Å². The van der Waals surface area contributed by atoms with Crippen LogP contribution in [0.1, 0.15) is 36.3 Å². The van der Waals surface area contributed by atoms with Gasteiger partial charge in [-0.15, -0.1) is 0 Å². The van der Waals surface area contributed by atoms with Crippen LogP contribution in [0.15, 0.2) is 59.8 Å². The Bertz CT molecular complexity index is 2010. The number of fused-ring (bicyclic) bond motifs is 1. The molecule has 0 unspecified atom stereocenters. The van der Waals surface area contributed by atoms with E-state index in [0.29, 0.717) is 33.8 Å². The van der Waals surface area contributed by atoms with E-state index in [9.17, 15) is 9.59 Å². The van der Waals surface area contributed by atoms with Crippen LogP contribution in [0.5, 0.6) is 0 Å². The van der Waals surface area contributed by atoms with Crippen molar-refractivity contribution in [3.8, 4) is 23.1 Å². The van der Waals surface area contributed by atoms with E-state index < -0.39 is 23.4 Å². The van der Waals surface area contributed by atoms with Crippen LogP contribution in [-0.2, 0) is 23.2 Å². The third-order valence-corrected chi connectivity index (χ3v) is 7.27. The highest BCUT2D eigenvalue weighted by Crippen LogP contribution is 2.41. The van der Waals surface area contributed by atoms with E-state index in [1.165, 1.54) is 10.6 Å². The van der Waals surface area contributed by atoms with Gasteiger partial charge in [0, 0.05) is 30.6 Å². The SMILES string of the molecule is Cn1cc(Nc2nc(N)nc(-c3cccc(-n4ccc5cc(C6CC6)cc(F)c5c4=O)c3COC(=O)[C@@H](N)CC#N)n2)cn1. The maximum absolute atomic E-state index is 15.3. The summed E-state index contributed by atoms with van der Waals surface area (Å²) < 4.78 is 23.7. The van der Waals surface area contributed by atoms with E-state index in [1.807, 2.05) is 12.1 Å². The second kappa shape index (κ2) is 11.5. The van der Waals surface area contributed by atoms with Crippen molar-refractivity contribution in [1.82, 2.24) is 29.3 Å². The van der Waals surface area contributed by atoms with Gasteiger partial charge in [0.25, 0.3) is 5.56 Å². The van der Waals surface area contributed by atoms with Gasteiger partial charge in [-0.3, -0.25) is 18.8 Å². The summed E-state index contributed by atoms with van der Waals surface area (Å²) in [6, 6.07) is 10.6. The van der Waals surface area contributed by atoms with Crippen LogP contribution in [0, 0.1) is 17.1 Å². The molecule has 2 aromatic carbocycles. The number of anilines is 3.